The van der Waals surface area contributed by atoms with Crippen LogP contribution >= 0.6 is 0 Å². The third-order valence-electron chi connectivity index (χ3n) is 2.69. The van der Waals surface area contributed by atoms with Gasteiger partial charge in [-0.15, -0.1) is 0 Å². The standard InChI is InChI=1S/C14H16N2O2S/c1-11-6-12(2)8-13(7-11)9-16-19(17,18)14-4-3-5-15-10-14/h3-8,10,16H,9H2,1-2H3. The van der Waals surface area contributed by atoms with E-state index in [0.717, 1.165) is 16.7 Å². The van der Waals surface area contributed by atoms with Crippen molar-refractivity contribution in [3.8, 4) is 0 Å². The summed E-state index contributed by atoms with van der Waals surface area (Å²) < 4.78 is 26.6. The zero-order valence-corrected chi connectivity index (χ0v) is 11.7. The molecule has 0 fully saturated rings. The minimum absolute atomic E-state index is 0.180. The van der Waals surface area contributed by atoms with Gasteiger partial charge in [-0.25, -0.2) is 13.1 Å². The number of aryl methyl sites for hydroxylation is 2. The van der Waals surface area contributed by atoms with Gasteiger partial charge in [0.15, 0.2) is 0 Å². The van der Waals surface area contributed by atoms with Crippen LogP contribution in [0.5, 0.6) is 0 Å². The largest absolute Gasteiger partial charge is 0.263 e. The molecule has 0 bridgehead atoms. The second kappa shape index (κ2) is 5.50. The zero-order valence-electron chi connectivity index (χ0n) is 10.9. The first kappa shape index (κ1) is 13.7. The van der Waals surface area contributed by atoms with Gasteiger partial charge in [0.1, 0.15) is 4.90 Å². The van der Waals surface area contributed by atoms with Crippen LogP contribution in [-0.4, -0.2) is 13.4 Å². The number of benzene rings is 1. The van der Waals surface area contributed by atoms with Crippen molar-refractivity contribution in [2.75, 3.05) is 0 Å². The Morgan fingerprint density at radius 1 is 1.16 bits per heavy atom. The minimum Gasteiger partial charge on any atom is -0.263 e. The molecule has 0 aliphatic heterocycles. The second-order valence-corrected chi connectivity index (χ2v) is 6.28. The molecule has 0 radical (unpaired) electrons. The first-order valence-electron chi connectivity index (χ1n) is 5.94. The van der Waals surface area contributed by atoms with Gasteiger partial charge in [0.2, 0.25) is 10.0 Å². The molecule has 1 N–H and O–H groups in total. The van der Waals surface area contributed by atoms with E-state index in [9.17, 15) is 8.42 Å². The van der Waals surface area contributed by atoms with E-state index < -0.39 is 10.0 Å². The van der Waals surface area contributed by atoms with Crippen LogP contribution < -0.4 is 4.72 Å². The summed E-state index contributed by atoms with van der Waals surface area (Å²) in [6.45, 7) is 4.26. The Morgan fingerprint density at radius 3 is 2.42 bits per heavy atom. The van der Waals surface area contributed by atoms with Crippen molar-refractivity contribution in [3.63, 3.8) is 0 Å². The molecule has 4 nitrogen and oxygen atoms in total. The van der Waals surface area contributed by atoms with Gasteiger partial charge in [-0.2, -0.15) is 0 Å². The third kappa shape index (κ3) is 3.62. The summed E-state index contributed by atoms with van der Waals surface area (Å²) in [5, 5.41) is 0. The molecule has 100 valence electrons. The van der Waals surface area contributed by atoms with Gasteiger partial charge in [0.05, 0.1) is 0 Å². The maximum Gasteiger partial charge on any atom is 0.242 e. The van der Waals surface area contributed by atoms with E-state index in [1.54, 1.807) is 12.3 Å². The van der Waals surface area contributed by atoms with E-state index >= 15 is 0 Å². The van der Waals surface area contributed by atoms with E-state index in [-0.39, 0.29) is 11.4 Å². The van der Waals surface area contributed by atoms with Gasteiger partial charge in [0, 0.05) is 18.9 Å². The maximum atomic E-state index is 12.0. The van der Waals surface area contributed by atoms with E-state index in [2.05, 4.69) is 15.8 Å². The monoisotopic (exact) mass is 276 g/mol. The summed E-state index contributed by atoms with van der Waals surface area (Å²) in [5.74, 6) is 0. The predicted molar refractivity (Wildman–Crippen MR) is 74.2 cm³/mol. The van der Waals surface area contributed by atoms with Crippen LogP contribution in [-0.2, 0) is 16.6 Å². The molecule has 0 aliphatic rings. The number of hydrogen-bond acceptors (Lipinski definition) is 3. The second-order valence-electron chi connectivity index (χ2n) is 4.51. The quantitative estimate of drug-likeness (QED) is 0.931. The Kier molecular flexibility index (Phi) is 3.97. The van der Waals surface area contributed by atoms with Gasteiger partial charge in [-0.3, -0.25) is 4.98 Å². The van der Waals surface area contributed by atoms with Crippen LogP contribution in [0.1, 0.15) is 16.7 Å². The Bertz CT molecular complexity index is 647. The van der Waals surface area contributed by atoms with Gasteiger partial charge >= 0.3 is 0 Å². The van der Waals surface area contributed by atoms with Crippen molar-refractivity contribution in [1.29, 1.82) is 0 Å². The molecule has 2 aromatic rings. The molecule has 5 heteroatoms. The van der Waals surface area contributed by atoms with Crippen molar-refractivity contribution in [2.24, 2.45) is 0 Å². The molecule has 2 rings (SSSR count). The van der Waals surface area contributed by atoms with Crippen LogP contribution in [0.2, 0.25) is 0 Å². The first-order valence-corrected chi connectivity index (χ1v) is 7.42. The molecule has 1 aromatic heterocycles. The lowest BCUT2D eigenvalue weighted by molar-refractivity contribution is 0.581. The molecule has 0 amide bonds. The topological polar surface area (TPSA) is 59.1 Å². The first-order chi connectivity index (χ1) is 8.97. The van der Waals surface area contributed by atoms with Gasteiger partial charge in [-0.1, -0.05) is 29.3 Å². The average Bonchev–Trinajstić information content (AvgIpc) is 2.37. The highest BCUT2D eigenvalue weighted by molar-refractivity contribution is 7.89. The molecule has 0 spiro atoms. The summed E-state index contributed by atoms with van der Waals surface area (Å²) in [6, 6.07) is 9.12. The molecule has 1 aromatic carbocycles. The Balaban J connectivity index is 2.14. The number of hydrogen-bond donors (Lipinski definition) is 1. The predicted octanol–water partition coefficient (Wildman–Crippen LogP) is 2.18. The smallest absolute Gasteiger partial charge is 0.242 e. The van der Waals surface area contributed by atoms with Crippen molar-refractivity contribution >= 4 is 10.0 Å². The Morgan fingerprint density at radius 2 is 1.84 bits per heavy atom. The number of nitrogens with one attached hydrogen (secondary N) is 1. The molecule has 1 heterocycles. The number of sulfonamides is 1. The SMILES string of the molecule is Cc1cc(C)cc(CNS(=O)(=O)c2cccnc2)c1. The van der Waals surface area contributed by atoms with Gasteiger partial charge < -0.3 is 0 Å². The lowest BCUT2D eigenvalue weighted by Gasteiger charge is -2.08. The molecule has 0 unspecified atom stereocenters. The lowest BCUT2D eigenvalue weighted by Crippen LogP contribution is -2.23. The third-order valence-corrected chi connectivity index (χ3v) is 4.08. The molecule has 0 aliphatic carbocycles. The van der Waals surface area contributed by atoms with Crippen LogP contribution in [0.15, 0.2) is 47.6 Å². The summed E-state index contributed by atoms with van der Waals surface area (Å²) in [5.41, 5.74) is 3.19. The van der Waals surface area contributed by atoms with E-state index in [4.69, 9.17) is 0 Å². The molecular formula is C14H16N2O2S. The van der Waals surface area contributed by atoms with Gasteiger partial charge in [-0.05, 0) is 31.5 Å². The molecule has 0 saturated heterocycles. The van der Waals surface area contributed by atoms with Crippen molar-refractivity contribution in [2.45, 2.75) is 25.3 Å². The summed E-state index contributed by atoms with van der Waals surface area (Å²) in [4.78, 5) is 3.99. The highest BCUT2D eigenvalue weighted by Gasteiger charge is 2.13. The zero-order chi connectivity index (χ0) is 13.9. The number of aromatic nitrogens is 1. The number of rotatable bonds is 4. The summed E-state index contributed by atoms with van der Waals surface area (Å²) in [6.07, 6.45) is 2.88. The van der Waals surface area contributed by atoms with Crippen molar-refractivity contribution < 1.29 is 8.42 Å². The molecule has 0 saturated carbocycles. The molecular weight excluding hydrogens is 260 g/mol. The Labute approximate surface area is 113 Å². The maximum absolute atomic E-state index is 12.0. The molecule has 0 atom stereocenters. The summed E-state index contributed by atoms with van der Waals surface area (Å²) in [7, 11) is -3.50. The highest BCUT2D eigenvalue weighted by Crippen LogP contribution is 2.11. The van der Waals surface area contributed by atoms with Crippen LogP contribution in [0, 0.1) is 13.8 Å². The fourth-order valence-corrected chi connectivity index (χ4v) is 2.92. The molecule has 19 heavy (non-hydrogen) atoms. The van der Waals surface area contributed by atoms with Crippen LogP contribution in [0.4, 0.5) is 0 Å². The van der Waals surface area contributed by atoms with Crippen molar-refractivity contribution in [1.82, 2.24) is 9.71 Å². The lowest BCUT2D eigenvalue weighted by atomic mass is 10.1. The highest BCUT2D eigenvalue weighted by atomic mass is 32.2. The fourth-order valence-electron chi connectivity index (χ4n) is 1.94. The van der Waals surface area contributed by atoms with E-state index in [0.29, 0.717) is 0 Å². The van der Waals surface area contributed by atoms with E-state index in [1.165, 1.54) is 12.3 Å². The van der Waals surface area contributed by atoms with Crippen LogP contribution in [0.3, 0.4) is 0 Å². The normalized spacial score (nSPS) is 11.5. The Hall–Kier alpha value is -1.72. The van der Waals surface area contributed by atoms with E-state index in [1.807, 2.05) is 26.0 Å². The minimum atomic E-state index is -3.50. The van der Waals surface area contributed by atoms with Crippen molar-refractivity contribution in [3.05, 3.63) is 59.4 Å². The van der Waals surface area contributed by atoms with Gasteiger partial charge in [0.25, 0.3) is 0 Å². The van der Waals surface area contributed by atoms with Crippen LogP contribution in [0.25, 0.3) is 0 Å². The average molecular weight is 276 g/mol. The fraction of sp³-hybridized carbons (Fsp3) is 0.214. The number of pyridine rings is 1. The summed E-state index contributed by atoms with van der Waals surface area (Å²) >= 11 is 0. The number of nitrogens with zero attached hydrogens (tertiary/aromatic N) is 1.